The SMILES string of the molecule is Cc1ccccc1C(=O)NNC(=O)c1cccc(NC(=O)CCCc2cccs2)c1. The van der Waals surface area contributed by atoms with Gasteiger partial charge in [-0.2, -0.15) is 0 Å². The lowest BCUT2D eigenvalue weighted by Gasteiger charge is -2.10. The van der Waals surface area contributed by atoms with Crippen molar-refractivity contribution in [2.75, 3.05) is 5.32 Å². The van der Waals surface area contributed by atoms with Gasteiger partial charge in [0.2, 0.25) is 5.91 Å². The molecule has 154 valence electrons. The van der Waals surface area contributed by atoms with Crippen molar-refractivity contribution in [3.8, 4) is 0 Å². The highest BCUT2D eigenvalue weighted by atomic mass is 32.1. The standard InChI is InChI=1S/C23H23N3O3S/c1-16-7-2-3-12-20(16)23(29)26-25-22(28)17-8-4-9-18(15-17)24-21(27)13-5-10-19-11-6-14-30-19/h2-4,6-9,11-12,14-15H,5,10,13H2,1H3,(H,24,27)(H,25,28)(H,26,29). The Morgan fingerprint density at radius 1 is 0.900 bits per heavy atom. The molecule has 0 aliphatic carbocycles. The minimum Gasteiger partial charge on any atom is -0.326 e. The molecule has 3 aromatic rings. The molecule has 3 amide bonds. The molecule has 0 aliphatic heterocycles. The predicted octanol–water partition coefficient (Wildman–Crippen LogP) is 4.09. The summed E-state index contributed by atoms with van der Waals surface area (Å²) in [4.78, 5) is 38.0. The molecule has 0 bridgehead atoms. The number of rotatable bonds is 7. The van der Waals surface area contributed by atoms with Gasteiger partial charge in [0.15, 0.2) is 0 Å². The zero-order valence-corrected chi connectivity index (χ0v) is 17.4. The monoisotopic (exact) mass is 421 g/mol. The van der Waals surface area contributed by atoms with Crippen LogP contribution in [0.3, 0.4) is 0 Å². The second-order valence-electron chi connectivity index (χ2n) is 6.79. The fraction of sp³-hybridized carbons (Fsp3) is 0.174. The first-order valence-corrected chi connectivity index (χ1v) is 10.5. The number of aryl methyl sites for hydroxylation is 2. The maximum atomic E-state index is 12.4. The van der Waals surface area contributed by atoms with Crippen LogP contribution in [0, 0.1) is 6.92 Å². The average molecular weight is 422 g/mol. The van der Waals surface area contributed by atoms with Crippen molar-refractivity contribution in [3.63, 3.8) is 0 Å². The number of nitrogens with one attached hydrogen (secondary N) is 3. The Morgan fingerprint density at radius 3 is 2.47 bits per heavy atom. The quantitative estimate of drug-likeness (QED) is 0.502. The first kappa shape index (κ1) is 21.3. The number of amides is 3. The van der Waals surface area contributed by atoms with Crippen molar-refractivity contribution in [2.24, 2.45) is 0 Å². The van der Waals surface area contributed by atoms with E-state index in [-0.39, 0.29) is 5.91 Å². The summed E-state index contributed by atoms with van der Waals surface area (Å²) in [7, 11) is 0. The number of hydrogen-bond acceptors (Lipinski definition) is 4. The van der Waals surface area contributed by atoms with Crippen LogP contribution in [0.4, 0.5) is 5.69 Å². The number of carbonyl (C=O) groups is 3. The topological polar surface area (TPSA) is 87.3 Å². The van der Waals surface area contributed by atoms with E-state index in [0.29, 0.717) is 23.2 Å². The Morgan fingerprint density at radius 2 is 1.70 bits per heavy atom. The van der Waals surface area contributed by atoms with Crippen LogP contribution in [0.1, 0.15) is 44.0 Å². The Hall–Kier alpha value is -3.45. The van der Waals surface area contributed by atoms with E-state index in [4.69, 9.17) is 0 Å². The third-order valence-corrected chi connectivity index (χ3v) is 5.43. The van der Waals surface area contributed by atoms with Gasteiger partial charge in [-0.25, -0.2) is 0 Å². The van der Waals surface area contributed by atoms with Gasteiger partial charge in [-0.05, 0) is 61.0 Å². The second kappa shape index (κ2) is 10.4. The Labute approximate surface area is 179 Å². The molecule has 1 heterocycles. The molecule has 2 aromatic carbocycles. The van der Waals surface area contributed by atoms with E-state index < -0.39 is 11.8 Å². The molecular weight excluding hydrogens is 398 g/mol. The summed E-state index contributed by atoms with van der Waals surface area (Å²) >= 11 is 1.68. The lowest BCUT2D eigenvalue weighted by atomic mass is 10.1. The molecule has 0 fully saturated rings. The minimum atomic E-state index is -0.467. The van der Waals surface area contributed by atoms with Crippen molar-refractivity contribution >= 4 is 34.7 Å². The lowest BCUT2D eigenvalue weighted by Crippen LogP contribution is -2.41. The molecule has 7 heteroatoms. The van der Waals surface area contributed by atoms with Gasteiger partial charge in [0.1, 0.15) is 0 Å². The van der Waals surface area contributed by atoms with Gasteiger partial charge in [0.25, 0.3) is 11.8 Å². The fourth-order valence-electron chi connectivity index (χ4n) is 2.92. The maximum Gasteiger partial charge on any atom is 0.269 e. The van der Waals surface area contributed by atoms with Crippen molar-refractivity contribution < 1.29 is 14.4 Å². The molecule has 0 spiro atoms. The summed E-state index contributed by atoms with van der Waals surface area (Å²) in [5.41, 5.74) is 6.99. The molecule has 3 N–H and O–H groups in total. The summed E-state index contributed by atoms with van der Waals surface area (Å²) < 4.78 is 0. The Kier molecular flexibility index (Phi) is 7.34. The first-order valence-electron chi connectivity index (χ1n) is 9.61. The van der Waals surface area contributed by atoms with Crippen LogP contribution in [0.2, 0.25) is 0 Å². The number of anilines is 1. The number of benzene rings is 2. The molecule has 30 heavy (non-hydrogen) atoms. The molecule has 0 saturated carbocycles. The number of thiophene rings is 1. The summed E-state index contributed by atoms with van der Waals surface area (Å²) in [5, 5.41) is 4.84. The molecule has 0 atom stereocenters. The van der Waals surface area contributed by atoms with Crippen LogP contribution in [0.15, 0.2) is 66.0 Å². The molecule has 0 radical (unpaired) electrons. The first-order chi connectivity index (χ1) is 14.5. The van der Waals surface area contributed by atoms with E-state index in [1.54, 1.807) is 47.7 Å². The third kappa shape index (κ3) is 6.02. The molecule has 1 aromatic heterocycles. The summed E-state index contributed by atoms with van der Waals surface area (Å²) in [6, 6.07) is 17.8. The van der Waals surface area contributed by atoms with Crippen LogP contribution in [0.25, 0.3) is 0 Å². The van der Waals surface area contributed by atoms with E-state index >= 15 is 0 Å². The van der Waals surface area contributed by atoms with Gasteiger partial charge in [0.05, 0.1) is 0 Å². The maximum absolute atomic E-state index is 12.4. The van der Waals surface area contributed by atoms with Gasteiger partial charge in [-0.1, -0.05) is 30.3 Å². The van der Waals surface area contributed by atoms with Crippen molar-refractivity contribution in [2.45, 2.75) is 26.2 Å². The molecular formula is C23H23N3O3S. The minimum absolute atomic E-state index is 0.100. The third-order valence-electron chi connectivity index (χ3n) is 4.49. The Balaban J connectivity index is 1.50. The molecule has 0 unspecified atom stereocenters. The van der Waals surface area contributed by atoms with Crippen molar-refractivity contribution in [1.82, 2.24) is 10.9 Å². The Bertz CT molecular complexity index is 1030. The van der Waals surface area contributed by atoms with Crippen LogP contribution in [0.5, 0.6) is 0 Å². The smallest absolute Gasteiger partial charge is 0.269 e. The normalized spacial score (nSPS) is 10.3. The molecule has 3 rings (SSSR count). The number of hydrogen-bond donors (Lipinski definition) is 3. The zero-order chi connectivity index (χ0) is 21.3. The summed E-state index contributed by atoms with van der Waals surface area (Å²) in [5.74, 6) is -0.959. The highest BCUT2D eigenvalue weighted by Crippen LogP contribution is 2.14. The largest absolute Gasteiger partial charge is 0.326 e. The summed E-state index contributed by atoms with van der Waals surface area (Å²) in [6.45, 7) is 1.82. The highest BCUT2D eigenvalue weighted by Gasteiger charge is 2.12. The second-order valence-corrected chi connectivity index (χ2v) is 7.82. The predicted molar refractivity (Wildman–Crippen MR) is 118 cm³/mol. The van der Waals surface area contributed by atoms with Crippen molar-refractivity contribution in [3.05, 3.63) is 87.6 Å². The van der Waals surface area contributed by atoms with Crippen molar-refractivity contribution in [1.29, 1.82) is 0 Å². The van der Waals surface area contributed by atoms with Gasteiger partial charge >= 0.3 is 0 Å². The average Bonchev–Trinajstić information content (AvgIpc) is 3.26. The fourth-order valence-corrected chi connectivity index (χ4v) is 3.67. The van der Waals surface area contributed by atoms with Gasteiger partial charge in [-0.3, -0.25) is 25.2 Å². The van der Waals surface area contributed by atoms with E-state index in [1.165, 1.54) is 4.88 Å². The van der Waals surface area contributed by atoms with Gasteiger partial charge in [-0.15, -0.1) is 11.3 Å². The van der Waals surface area contributed by atoms with Crippen LogP contribution in [-0.2, 0) is 11.2 Å². The molecule has 0 aliphatic rings. The molecule has 6 nitrogen and oxygen atoms in total. The van der Waals surface area contributed by atoms with Gasteiger partial charge < -0.3 is 5.32 Å². The van der Waals surface area contributed by atoms with E-state index in [2.05, 4.69) is 22.2 Å². The highest BCUT2D eigenvalue weighted by molar-refractivity contribution is 7.09. The molecule has 0 saturated heterocycles. The number of carbonyl (C=O) groups excluding carboxylic acids is 3. The van der Waals surface area contributed by atoms with Crippen LogP contribution in [-0.4, -0.2) is 17.7 Å². The number of hydrazine groups is 1. The van der Waals surface area contributed by atoms with E-state index in [1.807, 2.05) is 30.5 Å². The van der Waals surface area contributed by atoms with E-state index in [9.17, 15) is 14.4 Å². The lowest BCUT2D eigenvalue weighted by molar-refractivity contribution is -0.116. The summed E-state index contributed by atoms with van der Waals surface area (Å²) in [6.07, 6.45) is 2.03. The van der Waals surface area contributed by atoms with Crippen LogP contribution >= 0.6 is 11.3 Å². The van der Waals surface area contributed by atoms with E-state index in [0.717, 1.165) is 18.4 Å². The van der Waals surface area contributed by atoms with Crippen LogP contribution < -0.4 is 16.2 Å². The zero-order valence-electron chi connectivity index (χ0n) is 16.6. The van der Waals surface area contributed by atoms with Gasteiger partial charge in [0, 0.05) is 28.1 Å².